The molecule has 9 heteroatoms. The molecule has 4 aromatic rings. The van der Waals surface area contributed by atoms with Crippen molar-refractivity contribution in [3.63, 3.8) is 0 Å². The third kappa shape index (κ3) is 3.60. The number of aromatic amines is 1. The van der Waals surface area contributed by atoms with Gasteiger partial charge in [-0.25, -0.2) is 15.0 Å². The smallest absolute Gasteiger partial charge is 0.215 e. The molecule has 2 heterocycles. The van der Waals surface area contributed by atoms with Crippen LogP contribution in [0.5, 0.6) is 11.5 Å². The van der Waals surface area contributed by atoms with Crippen LogP contribution in [0.25, 0.3) is 22.3 Å². The lowest BCUT2D eigenvalue weighted by Gasteiger charge is -2.07. The second kappa shape index (κ2) is 7.53. The van der Waals surface area contributed by atoms with Gasteiger partial charge in [0.25, 0.3) is 0 Å². The molecule has 0 amide bonds. The van der Waals surface area contributed by atoms with Crippen molar-refractivity contribution in [2.75, 3.05) is 14.2 Å². The Morgan fingerprint density at radius 3 is 2.74 bits per heavy atom. The van der Waals surface area contributed by atoms with Crippen molar-refractivity contribution in [2.24, 2.45) is 0 Å². The molecule has 0 aliphatic heterocycles. The maximum atomic E-state index is 5.44. The Morgan fingerprint density at radius 2 is 1.93 bits per heavy atom. The number of nitrogens with zero attached hydrogens (tertiary/aromatic N) is 4. The van der Waals surface area contributed by atoms with Crippen molar-refractivity contribution in [2.45, 2.75) is 10.2 Å². The number of rotatable bonds is 5. The molecule has 136 valence electrons. The molecule has 0 atom stereocenters. The molecule has 0 saturated carbocycles. The van der Waals surface area contributed by atoms with Gasteiger partial charge in [0.05, 0.1) is 25.3 Å². The highest BCUT2D eigenvalue weighted by molar-refractivity contribution is 9.10. The molecule has 1 N–H and O–H groups in total. The first-order valence-corrected chi connectivity index (χ1v) is 9.52. The molecule has 2 aromatic heterocycles. The van der Waals surface area contributed by atoms with Gasteiger partial charge in [0.1, 0.15) is 22.9 Å². The Hall–Kier alpha value is -2.65. The molecule has 27 heavy (non-hydrogen) atoms. The second-order valence-corrected chi connectivity index (χ2v) is 7.35. The van der Waals surface area contributed by atoms with E-state index in [9.17, 15) is 0 Å². The molecule has 0 spiro atoms. The minimum atomic E-state index is 0.558. The number of methoxy groups -OCH3 is 2. The summed E-state index contributed by atoms with van der Waals surface area (Å²) in [7, 11) is 3.22. The van der Waals surface area contributed by atoms with Gasteiger partial charge in [-0.3, -0.25) is 5.10 Å². The van der Waals surface area contributed by atoms with Crippen molar-refractivity contribution in [3.8, 4) is 22.9 Å². The molecular formula is C18H14BrN5O2S. The van der Waals surface area contributed by atoms with Crippen molar-refractivity contribution < 1.29 is 9.47 Å². The molecule has 0 saturated heterocycles. The van der Waals surface area contributed by atoms with Gasteiger partial charge in [0, 0.05) is 15.9 Å². The van der Waals surface area contributed by atoms with Crippen molar-refractivity contribution in [1.29, 1.82) is 0 Å². The molecule has 2 aromatic carbocycles. The predicted octanol–water partition coefficient (Wildman–Crippen LogP) is 4.35. The zero-order valence-electron chi connectivity index (χ0n) is 14.4. The van der Waals surface area contributed by atoms with Crippen LogP contribution in [0.4, 0.5) is 0 Å². The van der Waals surface area contributed by atoms with E-state index in [1.54, 1.807) is 26.6 Å². The maximum absolute atomic E-state index is 5.44. The van der Waals surface area contributed by atoms with Crippen LogP contribution in [0.3, 0.4) is 0 Å². The number of halogens is 1. The lowest BCUT2D eigenvalue weighted by Crippen LogP contribution is -1.91. The van der Waals surface area contributed by atoms with Gasteiger partial charge in [-0.05, 0) is 42.1 Å². The fourth-order valence-electron chi connectivity index (χ4n) is 2.58. The molecule has 4 rings (SSSR count). The second-order valence-electron chi connectivity index (χ2n) is 5.48. The van der Waals surface area contributed by atoms with Crippen molar-refractivity contribution >= 4 is 38.6 Å². The van der Waals surface area contributed by atoms with Crippen LogP contribution in [0, 0.1) is 0 Å². The summed E-state index contributed by atoms with van der Waals surface area (Å²) in [5, 5.41) is 9.54. The van der Waals surface area contributed by atoms with E-state index in [1.807, 2.05) is 30.3 Å². The fraction of sp³-hybridized carbons (Fsp3) is 0.111. The lowest BCUT2D eigenvalue weighted by molar-refractivity contribution is 0.395. The maximum Gasteiger partial charge on any atom is 0.215 e. The molecular weight excluding hydrogens is 430 g/mol. The van der Waals surface area contributed by atoms with E-state index in [2.05, 4.69) is 41.1 Å². The number of hydrogen-bond donors (Lipinski definition) is 1. The Morgan fingerprint density at radius 1 is 1.04 bits per heavy atom. The largest absolute Gasteiger partial charge is 0.497 e. The molecule has 0 radical (unpaired) electrons. The molecule has 7 nitrogen and oxygen atoms in total. The fourth-order valence-corrected chi connectivity index (χ4v) is 3.72. The molecule has 0 bridgehead atoms. The summed E-state index contributed by atoms with van der Waals surface area (Å²) >= 11 is 4.86. The van der Waals surface area contributed by atoms with Crippen LogP contribution in [-0.4, -0.2) is 39.4 Å². The molecule has 0 aliphatic carbocycles. The summed E-state index contributed by atoms with van der Waals surface area (Å²) in [6.45, 7) is 0. The van der Waals surface area contributed by atoms with Gasteiger partial charge in [0.2, 0.25) is 5.16 Å². The average Bonchev–Trinajstić information content (AvgIpc) is 3.16. The quantitative estimate of drug-likeness (QED) is 0.458. The summed E-state index contributed by atoms with van der Waals surface area (Å²) in [5.41, 5.74) is 1.66. The van der Waals surface area contributed by atoms with Crippen molar-refractivity contribution in [1.82, 2.24) is 25.1 Å². The summed E-state index contributed by atoms with van der Waals surface area (Å²) in [6.07, 6.45) is 1.54. The minimum Gasteiger partial charge on any atom is -0.497 e. The Balaban J connectivity index is 1.67. The zero-order chi connectivity index (χ0) is 18.8. The summed E-state index contributed by atoms with van der Waals surface area (Å²) in [5.74, 6) is 1.97. The highest BCUT2D eigenvalue weighted by Crippen LogP contribution is 2.34. The molecule has 0 unspecified atom stereocenters. The van der Waals surface area contributed by atoms with Crippen LogP contribution in [0.15, 0.2) is 57.4 Å². The zero-order valence-corrected chi connectivity index (χ0v) is 16.8. The van der Waals surface area contributed by atoms with E-state index in [-0.39, 0.29) is 0 Å². The average molecular weight is 444 g/mol. The molecule has 0 aliphatic rings. The van der Waals surface area contributed by atoms with E-state index in [4.69, 9.17) is 9.47 Å². The van der Waals surface area contributed by atoms with Gasteiger partial charge in [-0.15, -0.1) is 5.10 Å². The standard InChI is InChI=1S/C18H14BrN5O2S/c1-25-11-4-5-12(15(8-11)26-2)16-22-18(24-23-16)27-17-13-7-10(19)3-6-14(13)20-9-21-17/h3-9H,1-2H3,(H,22,23,24). The van der Waals surface area contributed by atoms with Gasteiger partial charge in [-0.1, -0.05) is 15.9 Å². The Bertz CT molecular complexity index is 1120. The summed E-state index contributed by atoms with van der Waals surface area (Å²) < 4.78 is 11.6. The van der Waals surface area contributed by atoms with Crippen LogP contribution in [0.2, 0.25) is 0 Å². The minimum absolute atomic E-state index is 0.558. The first-order chi connectivity index (χ1) is 13.2. The number of benzene rings is 2. The first kappa shape index (κ1) is 17.7. The predicted molar refractivity (Wildman–Crippen MR) is 106 cm³/mol. The first-order valence-electron chi connectivity index (χ1n) is 7.91. The SMILES string of the molecule is COc1ccc(-c2nc(Sc3ncnc4ccc(Br)cc34)n[nH]2)c(OC)c1. The van der Waals surface area contributed by atoms with Crippen molar-refractivity contribution in [3.05, 3.63) is 47.2 Å². The van der Waals surface area contributed by atoms with Crippen LogP contribution >= 0.6 is 27.7 Å². The van der Waals surface area contributed by atoms with Gasteiger partial charge in [-0.2, -0.15) is 0 Å². The third-order valence-corrected chi connectivity index (χ3v) is 5.25. The topological polar surface area (TPSA) is 85.8 Å². The number of ether oxygens (including phenoxy) is 2. The number of fused-ring (bicyclic) bond motifs is 1. The van der Waals surface area contributed by atoms with Crippen LogP contribution in [0.1, 0.15) is 0 Å². The number of nitrogens with one attached hydrogen (secondary N) is 1. The number of hydrogen-bond acceptors (Lipinski definition) is 7. The highest BCUT2D eigenvalue weighted by Gasteiger charge is 2.14. The van der Waals surface area contributed by atoms with Gasteiger partial charge >= 0.3 is 0 Å². The van der Waals surface area contributed by atoms with E-state index in [0.29, 0.717) is 22.5 Å². The van der Waals surface area contributed by atoms with Gasteiger partial charge < -0.3 is 9.47 Å². The number of H-pyrrole nitrogens is 1. The summed E-state index contributed by atoms with van der Waals surface area (Å²) in [6, 6.07) is 11.4. The van der Waals surface area contributed by atoms with E-state index in [0.717, 1.165) is 26.0 Å². The van der Waals surface area contributed by atoms with E-state index < -0.39 is 0 Å². The lowest BCUT2D eigenvalue weighted by atomic mass is 10.2. The van der Waals surface area contributed by atoms with Gasteiger partial charge in [0.15, 0.2) is 5.82 Å². The normalized spacial score (nSPS) is 10.9. The van der Waals surface area contributed by atoms with E-state index >= 15 is 0 Å². The Labute approximate surface area is 167 Å². The van der Waals surface area contributed by atoms with E-state index in [1.165, 1.54) is 11.8 Å². The number of aromatic nitrogens is 5. The van der Waals surface area contributed by atoms with Crippen LogP contribution < -0.4 is 9.47 Å². The molecule has 0 fully saturated rings. The monoisotopic (exact) mass is 443 g/mol. The highest BCUT2D eigenvalue weighted by atomic mass is 79.9. The third-order valence-electron chi connectivity index (χ3n) is 3.88. The van der Waals surface area contributed by atoms with Crippen LogP contribution in [-0.2, 0) is 0 Å². The summed E-state index contributed by atoms with van der Waals surface area (Å²) in [4.78, 5) is 13.2. The Kier molecular flexibility index (Phi) is 4.95.